The van der Waals surface area contributed by atoms with Crippen molar-refractivity contribution in [2.45, 2.75) is 6.92 Å². The molecule has 0 aliphatic heterocycles. The van der Waals surface area contributed by atoms with Gasteiger partial charge in [-0.25, -0.2) is 0 Å². The second kappa shape index (κ2) is 5.74. The van der Waals surface area contributed by atoms with Crippen LogP contribution in [0.4, 0.5) is 0 Å². The predicted molar refractivity (Wildman–Crippen MR) is 91.4 cm³/mol. The highest BCUT2D eigenvalue weighted by molar-refractivity contribution is 9.10. The van der Waals surface area contributed by atoms with Gasteiger partial charge in [0.25, 0.3) is 0 Å². The van der Waals surface area contributed by atoms with Gasteiger partial charge in [0.05, 0.1) is 4.47 Å². The summed E-state index contributed by atoms with van der Waals surface area (Å²) in [5.41, 5.74) is 5.25. The Hall–Kier alpha value is -2.06. The normalized spacial score (nSPS) is 10.6. The third-order valence-electron chi connectivity index (χ3n) is 3.51. The summed E-state index contributed by atoms with van der Waals surface area (Å²) in [6.45, 7) is 2.03. The summed E-state index contributed by atoms with van der Waals surface area (Å²) in [5.74, 6) is 0.281. The fourth-order valence-electron chi connectivity index (χ4n) is 2.53. The summed E-state index contributed by atoms with van der Waals surface area (Å²) in [6, 6.07) is 22.3. The molecule has 2 heteroatoms. The maximum Gasteiger partial charge on any atom is 0.137 e. The molecule has 3 aromatic carbocycles. The van der Waals surface area contributed by atoms with Gasteiger partial charge in [-0.1, -0.05) is 54.6 Å². The lowest BCUT2D eigenvalue weighted by Crippen LogP contribution is -1.87. The molecule has 1 N–H and O–H groups in total. The molecule has 0 aliphatic rings. The smallest absolute Gasteiger partial charge is 0.137 e. The summed E-state index contributed by atoms with van der Waals surface area (Å²) in [4.78, 5) is 0. The van der Waals surface area contributed by atoms with Crippen LogP contribution in [0.1, 0.15) is 5.56 Å². The molecular formula is C19H15BrO. The molecule has 0 saturated carbocycles. The molecule has 0 unspecified atom stereocenters. The van der Waals surface area contributed by atoms with Crippen molar-refractivity contribution in [3.05, 3.63) is 76.8 Å². The molecule has 21 heavy (non-hydrogen) atoms. The second-order valence-electron chi connectivity index (χ2n) is 5.05. The maximum absolute atomic E-state index is 10.4. The maximum atomic E-state index is 10.4. The van der Waals surface area contributed by atoms with E-state index in [4.69, 9.17) is 0 Å². The van der Waals surface area contributed by atoms with Gasteiger partial charge >= 0.3 is 0 Å². The summed E-state index contributed by atoms with van der Waals surface area (Å²) < 4.78 is 0.723. The van der Waals surface area contributed by atoms with Crippen molar-refractivity contribution in [1.82, 2.24) is 0 Å². The van der Waals surface area contributed by atoms with Crippen LogP contribution in [0.3, 0.4) is 0 Å². The number of aryl methyl sites for hydroxylation is 1. The van der Waals surface area contributed by atoms with E-state index in [1.165, 1.54) is 0 Å². The standard InChI is InChI=1S/C19H15BrO/c1-13-11-17(19(21)18(20)12-13)16-10-6-5-9-15(16)14-7-3-2-4-8-14/h2-12,21H,1H3. The minimum absolute atomic E-state index is 0.281. The zero-order valence-corrected chi connectivity index (χ0v) is 13.3. The molecule has 0 saturated heterocycles. The number of phenolic OH excluding ortho intramolecular Hbond substituents is 1. The van der Waals surface area contributed by atoms with Gasteiger partial charge < -0.3 is 5.11 Å². The van der Waals surface area contributed by atoms with Crippen molar-refractivity contribution in [2.75, 3.05) is 0 Å². The Morgan fingerprint density at radius 2 is 1.38 bits per heavy atom. The van der Waals surface area contributed by atoms with Crippen LogP contribution in [0, 0.1) is 6.92 Å². The molecule has 3 aromatic rings. The van der Waals surface area contributed by atoms with Crippen LogP contribution in [-0.4, -0.2) is 5.11 Å². The van der Waals surface area contributed by atoms with E-state index >= 15 is 0 Å². The molecule has 0 atom stereocenters. The van der Waals surface area contributed by atoms with Gasteiger partial charge in [-0.15, -0.1) is 0 Å². The van der Waals surface area contributed by atoms with Crippen molar-refractivity contribution >= 4 is 15.9 Å². The van der Waals surface area contributed by atoms with Crippen molar-refractivity contribution in [2.24, 2.45) is 0 Å². The summed E-state index contributed by atoms with van der Waals surface area (Å²) in [7, 11) is 0. The number of hydrogen-bond donors (Lipinski definition) is 1. The Bertz CT molecular complexity index is 779. The van der Waals surface area contributed by atoms with E-state index in [-0.39, 0.29) is 5.75 Å². The number of aromatic hydroxyl groups is 1. The molecule has 1 nitrogen and oxygen atoms in total. The first kappa shape index (κ1) is 13.9. The van der Waals surface area contributed by atoms with Crippen molar-refractivity contribution in [3.63, 3.8) is 0 Å². The van der Waals surface area contributed by atoms with Gasteiger partial charge in [0.2, 0.25) is 0 Å². The molecule has 0 radical (unpaired) electrons. The molecule has 0 bridgehead atoms. The molecule has 3 rings (SSSR count). The monoisotopic (exact) mass is 338 g/mol. The van der Waals surface area contributed by atoms with E-state index in [0.717, 1.165) is 32.3 Å². The van der Waals surface area contributed by atoms with Crippen molar-refractivity contribution in [3.8, 4) is 28.0 Å². The van der Waals surface area contributed by atoms with E-state index < -0.39 is 0 Å². The first-order chi connectivity index (χ1) is 10.2. The van der Waals surface area contributed by atoms with Gasteiger partial charge in [0.1, 0.15) is 5.75 Å². The number of phenols is 1. The van der Waals surface area contributed by atoms with Gasteiger partial charge in [-0.05, 0) is 57.2 Å². The largest absolute Gasteiger partial charge is 0.506 e. The van der Waals surface area contributed by atoms with E-state index in [2.05, 4.69) is 34.1 Å². The Balaban J connectivity index is 2.26. The average molecular weight is 339 g/mol. The molecule has 0 heterocycles. The number of rotatable bonds is 2. The summed E-state index contributed by atoms with van der Waals surface area (Å²) >= 11 is 3.42. The van der Waals surface area contributed by atoms with Gasteiger partial charge in [0, 0.05) is 5.56 Å². The SMILES string of the molecule is Cc1cc(Br)c(O)c(-c2ccccc2-c2ccccc2)c1. The van der Waals surface area contributed by atoms with Gasteiger partial charge in [-0.3, -0.25) is 0 Å². The van der Waals surface area contributed by atoms with Crippen LogP contribution < -0.4 is 0 Å². The van der Waals surface area contributed by atoms with Crippen LogP contribution >= 0.6 is 15.9 Å². The molecular weight excluding hydrogens is 324 g/mol. The second-order valence-corrected chi connectivity index (χ2v) is 5.91. The summed E-state index contributed by atoms with van der Waals surface area (Å²) in [5, 5.41) is 10.4. The molecule has 0 amide bonds. The lowest BCUT2D eigenvalue weighted by atomic mass is 9.93. The molecule has 0 spiro atoms. The first-order valence-corrected chi connectivity index (χ1v) is 7.60. The van der Waals surface area contributed by atoms with E-state index in [0.29, 0.717) is 0 Å². The zero-order valence-electron chi connectivity index (χ0n) is 11.7. The molecule has 0 aromatic heterocycles. The van der Waals surface area contributed by atoms with Gasteiger partial charge in [-0.2, -0.15) is 0 Å². The fraction of sp³-hybridized carbons (Fsp3) is 0.0526. The van der Waals surface area contributed by atoms with Crippen LogP contribution in [0.15, 0.2) is 71.2 Å². The van der Waals surface area contributed by atoms with E-state index in [9.17, 15) is 5.11 Å². The first-order valence-electron chi connectivity index (χ1n) is 6.81. The zero-order chi connectivity index (χ0) is 14.8. The van der Waals surface area contributed by atoms with Crippen LogP contribution in [0.25, 0.3) is 22.3 Å². The number of benzene rings is 3. The highest BCUT2D eigenvalue weighted by atomic mass is 79.9. The summed E-state index contributed by atoms with van der Waals surface area (Å²) in [6.07, 6.45) is 0. The lowest BCUT2D eigenvalue weighted by molar-refractivity contribution is 0.474. The Morgan fingerprint density at radius 3 is 2.10 bits per heavy atom. The molecule has 0 fully saturated rings. The molecule has 0 aliphatic carbocycles. The highest BCUT2D eigenvalue weighted by Crippen LogP contribution is 2.40. The third-order valence-corrected chi connectivity index (χ3v) is 4.11. The average Bonchev–Trinajstić information content (AvgIpc) is 2.52. The minimum atomic E-state index is 0.281. The predicted octanol–water partition coefficient (Wildman–Crippen LogP) is 5.80. The quantitative estimate of drug-likeness (QED) is 0.626. The van der Waals surface area contributed by atoms with Crippen LogP contribution in [-0.2, 0) is 0 Å². The van der Waals surface area contributed by atoms with Crippen LogP contribution in [0.5, 0.6) is 5.75 Å². The van der Waals surface area contributed by atoms with E-state index in [1.54, 1.807) is 0 Å². The highest BCUT2D eigenvalue weighted by Gasteiger charge is 2.13. The Labute approximate surface area is 133 Å². The van der Waals surface area contributed by atoms with Crippen molar-refractivity contribution < 1.29 is 5.11 Å². The van der Waals surface area contributed by atoms with E-state index in [1.807, 2.05) is 55.5 Å². The Morgan fingerprint density at radius 1 is 0.762 bits per heavy atom. The number of hydrogen-bond acceptors (Lipinski definition) is 1. The minimum Gasteiger partial charge on any atom is -0.506 e. The number of halogens is 1. The topological polar surface area (TPSA) is 20.2 Å². The fourth-order valence-corrected chi connectivity index (χ4v) is 3.10. The molecule has 104 valence electrons. The van der Waals surface area contributed by atoms with Crippen LogP contribution in [0.2, 0.25) is 0 Å². The van der Waals surface area contributed by atoms with Gasteiger partial charge in [0.15, 0.2) is 0 Å². The van der Waals surface area contributed by atoms with Crippen molar-refractivity contribution in [1.29, 1.82) is 0 Å². The third kappa shape index (κ3) is 2.72. The lowest BCUT2D eigenvalue weighted by Gasteiger charge is -2.13. The Kier molecular flexibility index (Phi) is 3.80.